The zero-order valence-electron chi connectivity index (χ0n) is 21.3. The first kappa shape index (κ1) is 29.1. The van der Waals surface area contributed by atoms with Gasteiger partial charge in [0.05, 0.1) is 13.2 Å². The van der Waals surface area contributed by atoms with E-state index in [0.717, 1.165) is 22.3 Å². The van der Waals surface area contributed by atoms with Crippen molar-refractivity contribution in [2.45, 2.75) is 52.1 Å². The highest BCUT2D eigenvalue weighted by atomic mass is 28.3. The van der Waals surface area contributed by atoms with Gasteiger partial charge in [-0.1, -0.05) is 74.8 Å². The number of aliphatic hydroxyl groups excluding tert-OH is 2. The average molecular weight is 485 g/mol. The third-order valence-electron chi connectivity index (χ3n) is 3.87. The van der Waals surface area contributed by atoms with Crippen LogP contribution in [0.25, 0.3) is 0 Å². The quantitative estimate of drug-likeness (QED) is 0.449. The molecule has 2 aromatic rings. The summed E-state index contributed by atoms with van der Waals surface area (Å²) < 4.78 is 0. The molecule has 0 fully saturated rings. The number of hydrogen-bond acceptors (Lipinski definition) is 2. The van der Waals surface area contributed by atoms with Crippen molar-refractivity contribution in [3.8, 4) is 46.6 Å². The van der Waals surface area contributed by atoms with Crippen molar-refractivity contribution in [1.82, 2.24) is 0 Å². The standard InChI is InChI=1S/2C15H18OSi/c2*1-17(2,3)13-11-15-9-7-14(8-10-15)6-4-5-12-16/h2*7-10,16H,5,12H2,1-3H3. The Morgan fingerprint density at radius 2 is 0.765 bits per heavy atom. The Morgan fingerprint density at radius 1 is 0.500 bits per heavy atom. The Morgan fingerprint density at radius 3 is 1.00 bits per heavy atom. The Kier molecular flexibility index (Phi) is 12.9. The predicted octanol–water partition coefficient (Wildman–Crippen LogP) is 5.30. The number of rotatable bonds is 2. The zero-order chi connectivity index (χ0) is 25.5. The molecular formula is C30H36O2Si2. The Balaban J connectivity index is 0.000000340. The van der Waals surface area contributed by atoms with Crippen molar-refractivity contribution < 1.29 is 10.2 Å². The van der Waals surface area contributed by atoms with Crippen LogP contribution < -0.4 is 0 Å². The van der Waals surface area contributed by atoms with Gasteiger partial charge in [-0.05, 0) is 48.5 Å². The molecule has 176 valence electrons. The van der Waals surface area contributed by atoms with Crippen LogP contribution in [-0.2, 0) is 0 Å². The zero-order valence-corrected chi connectivity index (χ0v) is 23.3. The van der Waals surface area contributed by atoms with Gasteiger partial charge >= 0.3 is 0 Å². The monoisotopic (exact) mass is 484 g/mol. The summed E-state index contributed by atoms with van der Waals surface area (Å²) in [6.45, 7) is 13.6. The van der Waals surface area contributed by atoms with E-state index in [1.807, 2.05) is 48.5 Å². The normalized spacial score (nSPS) is 9.88. The minimum atomic E-state index is -1.30. The predicted molar refractivity (Wildman–Crippen MR) is 150 cm³/mol. The molecule has 0 saturated heterocycles. The molecule has 0 aliphatic carbocycles. The fourth-order valence-corrected chi connectivity index (χ4v) is 3.27. The minimum Gasteiger partial charge on any atom is -0.395 e. The second-order valence-corrected chi connectivity index (χ2v) is 19.2. The molecule has 0 unspecified atom stereocenters. The van der Waals surface area contributed by atoms with Crippen LogP contribution in [0.4, 0.5) is 0 Å². The first-order valence-corrected chi connectivity index (χ1v) is 18.5. The van der Waals surface area contributed by atoms with Crippen molar-refractivity contribution in [3.05, 3.63) is 70.8 Å². The molecule has 0 atom stereocenters. The average Bonchev–Trinajstić information content (AvgIpc) is 2.78. The van der Waals surface area contributed by atoms with Gasteiger partial charge in [-0.3, -0.25) is 0 Å². The summed E-state index contributed by atoms with van der Waals surface area (Å²) in [5.41, 5.74) is 10.7. The molecule has 0 spiro atoms. The van der Waals surface area contributed by atoms with Crippen LogP contribution in [-0.4, -0.2) is 39.6 Å². The van der Waals surface area contributed by atoms with Crippen LogP contribution in [0, 0.1) is 46.6 Å². The number of hydrogen-bond donors (Lipinski definition) is 2. The van der Waals surface area contributed by atoms with E-state index in [9.17, 15) is 0 Å². The van der Waals surface area contributed by atoms with E-state index in [-0.39, 0.29) is 13.2 Å². The minimum absolute atomic E-state index is 0.118. The van der Waals surface area contributed by atoms with Gasteiger partial charge < -0.3 is 10.2 Å². The van der Waals surface area contributed by atoms with Crippen LogP contribution in [0.2, 0.25) is 39.3 Å². The lowest BCUT2D eigenvalue weighted by Gasteiger charge is -2.03. The van der Waals surface area contributed by atoms with E-state index < -0.39 is 16.1 Å². The summed E-state index contributed by atoms with van der Waals surface area (Å²) in [6.07, 6.45) is 1.05. The van der Waals surface area contributed by atoms with Crippen LogP contribution in [0.3, 0.4) is 0 Å². The molecule has 4 heteroatoms. The molecule has 0 amide bonds. The third kappa shape index (κ3) is 15.0. The second kappa shape index (κ2) is 15.0. The van der Waals surface area contributed by atoms with E-state index in [1.165, 1.54) is 0 Å². The molecule has 2 rings (SSSR count). The lowest BCUT2D eigenvalue weighted by atomic mass is 10.1. The highest BCUT2D eigenvalue weighted by molar-refractivity contribution is 6.84. The van der Waals surface area contributed by atoms with Gasteiger partial charge in [-0.15, -0.1) is 11.1 Å². The first-order chi connectivity index (χ1) is 16.0. The van der Waals surface area contributed by atoms with Crippen LogP contribution in [0.1, 0.15) is 35.1 Å². The molecule has 34 heavy (non-hydrogen) atoms. The molecule has 2 nitrogen and oxygen atoms in total. The largest absolute Gasteiger partial charge is 0.395 e. The van der Waals surface area contributed by atoms with Gasteiger partial charge in [-0.25, -0.2) is 0 Å². The summed E-state index contributed by atoms with van der Waals surface area (Å²) >= 11 is 0. The van der Waals surface area contributed by atoms with E-state index in [2.05, 4.69) is 85.9 Å². The highest BCUT2D eigenvalue weighted by Gasteiger charge is 2.07. The fourth-order valence-electron chi connectivity index (χ4n) is 2.23. The number of aliphatic hydroxyl groups is 2. The molecule has 2 N–H and O–H groups in total. The maximum absolute atomic E-state index is 8.62. The molecule has 0 aliphatic rings. The summed E-state index contributed by atoms with van der Waals surface area (Å²) in [5.74, 6) is 18.2. The number of benzene rings is 2. The van der Waals surface area contributed by atoms with Crippen LogP contribution >= 0.6 is 0 Å². The smallest absolute Gasteiger partial charge is 0.129 e. The van der Waals surface area contributed by atoms with E-state index in [4.69, 9.17) is 10.2 Å². The second-order valence-electron chi connectivity index (χ2n) is 9.71. The lowest BCUT2D eigenvalue weighted by molar-refractivity contribution is 0.304. The van der Waals surface area contributed by atoms with Crippen LogP contribution in [0.5, 0.6) is 0 Å². The highest BCUT2D eigenvalue weighted by Crippen LogP contribution is 2.05. The molecule has 0 bridgehead atoms. The molecule has 0 heterocycles. The van der Waals surface area contributed by atoms with Crippen molar-refractivity contribution in [2.75, 3.05) is 13.2 Å². The summed E-state index contributed by atoms with van der Waals surface area (Å²) in [5, 5.41) is 17.2. The van der Waals surface area contributed by atoms with Gasteiger partial charge in [0, 0.05) is 35.1 Å². The van der Waals surface area contributed by atoms with Crippen molar-refractivity contribution in [1.29, 1.82) is 0 Å². The van der Waals surface area contributed by atoms with Crippen LogP contribution in [0.15, 0.2) is 48.5 Å². The first-order valence-electron chi connectivity index (χ1n) is 11.5. The van der Waals surface area contributed by atoms with Crippen molar-refractivity contribution in [3.63, 3.8) is 0 Å². The Hall–Kier alpha value is -2.97. The van der Waals surface area contributed by atoms with Gasteiger partial charge in [0.25, 0.3) is 0 Å². The molecule has 0 radical (unpaired) electrons. The van der Waals surface area contributed by atoms with E-state index >= 15 is 0 Å². The topological polar surface area (TPSA) is 40.5 Å². The van der Waals surface area contributed by atoms with Crippen molar-refractivity contribution >= 4 is 16.1 Å². The maximum Gasteiger partial charge on any atom is 0.129 e. The van der Waals surface area contributed by atoms with Gasteiger partial charge in [0.1, 0.15) is 16.1 Å². The van der Waals surface area contributed by atoms with Gasteiger partial charge in [0.2, 0.25) is 0 Å². The SMILES string of the molecule is C[Si](C)(C)C#Cc1ccc(C#CCCO)cc1.C[Si](C)(C)C#Cc1ccc(C#CCCO)cc1. The van der Waals surface area contributed by atoms with E-state index in [0.29, 0.717) is 12.8 Å². The Bertz CT molecular complexity index is 1040. The summed E-state index contributed by atoms with van der Waals surface area (Å²) in [6, 6.07) is 15.9. The molecule has 0 aromatic heterocycles. The summed E-state index contributed by atoms with van der Waals surface area (Å²) in [7, 11) is -2.59. The Labute approximate surface area is 208 Å². The van der Waals surface area contributed by atoms with Gasteiger partial charge in [-0.2, -0.15) is 0 Å². The molecular weight excluding hydrogens is 449 g/mol. The fraction of sp³-hybridized carbons (Fsp3) is 0.333. The third-order valence-corrected chi connectivity index (χ3v) is 5.62. The maximum atomic E-state index is 8.62. The lowest BCUT2D eigenvalue weighted by Crippen LogP contribution is -2.16. The molecule has 0 aliphatic heterocycles. The van der Waals surface area contributed by atoms with Gasteiger partial charge in [0.15, 0.2) is 0 Å². The van der Waals surface area contributed by atoms with Crippen molar-refractivity contribution in [2.24, 2.45) is 0 Å². The molecule has 0 saturated carbocycles. The summed E-state index contributed by atoms with van der Waals surface area (Å²) in [4.78, 5) is 0. The molecule has 2 aromatic carbocycles. The van der Waals surface area contributed by atoms with E-state index in [1.54, 1.807) is 0 Å².